The van der Waals surface area contributed by atoms with E-state index in [4.69, 9.17) is 4.74 Å². The Kier molecular flexibility index (Phi) is 4.84. The van der Waals surface area contributed by atoms with E-state index in [2.05, 4.69) is 34.2 Å². The highest BCUT2D eigenvalue weighted by Gasteiger charge is 2.37. The van der Waals surface area contributed by atoms with Gasteiger partial charge in [-0.1, -0.05) is 35.3 Å². The maximum absolute atomic E-state index is 9.58. The fourth-order valence-corrected chi connectivity index (χ4v) is 2.94. The summed E-state index contributed by atoms with van der Waals surface area (Å²) in [7, 11) is 0. The minimum Gasteiger partial charge on any atom is -0.378 e. The van der Waals surface area contributed by atoms with Crippen molar-refractivity contribution in [1.29, 1.82) is 5.26 Å². The van der Waals surface area contributed by atoms with Gasteiger partial charge in [-0.2, -0.15) is 5.26 Å². The first kappa shape index (κ1) is 14.4. The molecule has 1 aromatic rings. The Morgan fingerprint density at radius 2 is 2.42 bits per heavy atom. The third kappa shape index (κ3) is 3.71. The summed E-state index contributed by atoms with van der Waals surface area (Å²) in [5, 5.41) is 13.0. The van der Waals surface area contributed by atoms with Crippen molar-refractivity contribution in [2.24, 2.45) is 0 Å². The number of hydrogen-bond acceptors (Lipinski definition) is 3. The molecule has 0 amide bonds. The molecule has 19 heavy (non-hydrogen) atoms. The molecule has 4 heteroatoms. The van der Waals surface area contributed by atoms with E-state index in [-0.39, 0.29) is 6.10 Å². The van der Waals surface area contributed by atoms with Crippen molar-refractivity contribution in [2.45, 2.75) is 44.2 Å². The largest absolute Gasteiger partial charge is 0.378 e. The minimum atomic E-state index is -0.501. The summed E-state index contributed by atoms with van der Waals surface area (Å²) in [6.45, 7) is 2.80. The third-order valence-electron chi connectivity index (χ3n) is 3.49. The molecule has 0 radical (unpaired) electrons. The molecule has 1 saturated heterocycles. The van der Waals surface area contributed by atoms with Gasteiger partial charge in [0.05, 0.1) is 18.8 Å². The second-order valence-corrected chi connectivity index (χ2v) is 5.98. The number of anilines is 1. The van der Waals surface area contributed by atoms with Crippen molar-refractivity contribution in [2.75, 3.05) is 11.9 Å². The van der Waals surface area contributed by atoms with Crippen LogP contribution in [0.25, 0.3) is 0 Å². The van der Waals surface area contributed by atoms with Gasteiger partial charge in [-0.15, -0.1) is 0 Å². The summed E-state index contributed by atoms with van der Waals surface area (Å²) in [5.74, 6) is 0. The van der Waals surface area contributed by atoms with Crippen LogP contribution in [0.5, 0.6) is 0 Å². The molecular weight excluding hydrogens is 304 g/mol. The van der Waals surface area contributed by atoms with Gasteiger partial charge in [0.1, 0.15) is 5.54 Å². The van der Waals surface area contributed by atoms with Crippen LogP contribution in [-0.2, 0) is 4.74 Å². The molecule has 1 aliphatic rings. The van der Waals surface area contributed by atoms with Gasteiger partial charge in [0.15, 0.2) is 0 Å². The second kappa shape index (κ2) is 6.40. The fourth-order valence-electron chi connectivity index (χ4n) is 2.54. The SMILES string of the molecule is CCCC1CC(C#N)(Nc2cccc(Br)c2)CCO1. The molecule has 0 bridgehead atoms. The molecule has 2 rings (SSSR count). The molecule has 1 aromatic carbocycles. The number of benzene rings is 1. The molecule has 1 fully saturated rings. The van der Waals surface area contributed by atoms with E-state index in [1.807, 2.05) is 24.3 Å². The van der Waals surface area contributed by atoms with Crippen LogP contribution in [0.15, 0.2) is 28.7 Å². The zero-order valence-electron chi connectivity index (χ0n) is 11.2. The first-order valence-corrected chi connectivity index (χ1v) is 7.53. The van der Waals surface area contributed by atoms with Gasteiger partial charge in [0.2, 0.25) is 0 Å². The molecule has 102 valence electrons. The standard InChI is InChI=1S/C15H19BrN2O/c1-2-4-14-10-15(11-17,7-8-19-14)18-13-6-3-5-12(16)9-13/h3,5-6,9,14,18H,2,4,7-8,10H2,1H3. The number of ether oxygens (including phenoxy) is 1. The molecule has 1 aliphatic heterocycles. The Hall–Kier alpha value is -1.05. The van der Waals surface area contributed by atoms with Gasteiger partial charge in [-0.25, -0.2) is 0 Å². The highest BCUT2D eigenvalue weighted by molar-refractivity contribution is 9.10. The van der Waals surface area contributed by atoms with Crippen molar-refractivity contribution in [3.63, 3.8) is 0 Å². The van der Waals surface area contributed by atoms with Crippen LogP contribution in [0.3, 0.4) is 0 Å². The Bertz CT molecular complexity index is 469. The van der Waals surface area contributed by atoms with E-state index in [9.17, 15) is 5.26 Å². The molecule has 0 aromatic heterocycles. The van der Waals surface area contributed by atoms with Crippen LogP contribution in [0.4, 0.5) is 5.69 Å². The Morgan fingerprint density at radius 3 is 3.11 bits per heavy atom. The van der Waals surface area contributed by atoms with Crippen LogP contribution in [0, 0.1) is 11.3 Å². The predicted molar refractivity (Wildman–Crippen MR) is 80.0 cm³/mol. The Labute approximate surface area is 123 Å². The minimum absolute atomic E-state index is 0.193. The normalized spacial score (nSPS) is 26.7. The average molecular weight is 323 g/mol. The zero-order valence-corrected chi connectivity index (χ0v) is 12.7. The molecule has 1 heterocycles. The lowest BCUT2D eigenvalue weighted by Gasteiger charge is -2.37. The molecule has 0 spiro atoms. The fraction of sp³-hybridized carbons (Fsp3) is 0.533. The van der Waals surface area contributed by atoms with E-state index in [0.717, 1.165) is 35.8 Å². The highest BCUT2D eigenvalue weighted by Crippen LogP contribution is 2.31. The number of nitrogens with one attached hydrogen (secondary N) is 1. The van der Waals surface area contributed by atoms with Crippen molar-refractivity contribution < 1.29 is 4.74 Å². The van der Waals surface area contributed by atoms with Crippen LogP contribution in [0.1, 0.15) is 32.6 Å². The lowest BCUT2D eigenvalue weighted by atomic mass is 9.86. The third-order valence-corrected chi connectivity index (χ3v) is 3.98. The molecule has 1 N–H and O–H groups in total. The van der Waals surface area contributed by atoms with Crippen LogP contribution < -0.4 is 5.32 Å². The van der Waals surface area contributed by atoms with E-state index in [1.54, 1.807) is 0 Å². The first-order valence-electron chi connectivity index (χ1n) is 6.74. The van der Waals surface area contributed by atoms with E-state index < -0.39 is 5.54 Å². The van der Waals surface area contributed by atoms with Crippen LogP contribution >= 0.6 is 15.9 Å². The number of hydrogen-bond donors (Lipinski definition) is 1. The molecule has 3 nitrogen and oxygen atoms in total. The van der Waals surface area contributed by atoms with Crippen molar-refractivity contribution in [3.8, 4) is 6.07 Å². The molecule has 2 unspecified atom stereocenters. The van der Waals surface area contributed by atoms with Gasteiger partial charge < -0.3 is 10.1 Å². The van der Waals surface area contributed by atoms with Crippen molar-refractivity contribution in [1.82, 2.24) is 0 Å². The summed E-state index contributed by atoms with van der Waals surface area (Å²) < 4.78 is 6.75. The van der Waals surface area contributed by atoms with Gasteiger partial charge in [0.25, 0.3) is 0 Å². The summed E-state index contributed by atoms with van der Waals surface area (Å²) >= 11 is 3.46. The first-order chi connectivity index (χ1) is 9.17. The van der Waals surface area contributed by atoms with Crippen LogP contribution in [0.2, 0.25) is 0 Å². The average Bonchev–Trinajstić information content (AvgIpc) is 2.39. The summed E-state index contributed by atoms with van der Waals surface area (Å²) in [6, 6.07) is 10.4. The quantitative estimate of drug-likeness (QED) is 0.907. The van der Waals surface area contributed by atoms with Crippen LogP contribution in [-0.4, -0.2) is 18.2 Å². The summed E-state index contributed by atoms with van der Waals surface area (Å²) in [5.41, 5.74) is 0.479. The zero-order chi connectivity index (χ0) is 13.7. The van der Waals surface area contributed by atoms with E-state index >= 15 is 0 Å². The number of nitrogens with zero attached hydrogens (tertiary/aromatic N) is 1. The number of nitriles is 1. The van der Waals surface area contributed by atoms with Gasteiger partial charge in [0, 0.05) is 23.0 Å². The lowest BCUT2D eigenvalue weighted by molar-refractivity contribution is -0.00613. The Balaban J connectivity index is 2.12. The van der Waals surface area contributed by atoms with Crippen molar-refractivity contribution >= 4 is 21.6 Å². The molecule has 0 aliphatic carbocycles. The van der Waals surface area contributed by atoms with E-state index in [0.29, 0.717) is 6.61 Å². The Morgan fingerprint density at radius 1 is 1.58 bits per heavy atom. The van der Waals surface area contributed by atoms with Crippen molar-refractivity contribution in [3.05, 3.63) is 28.7 Å². The second-order valence-electron chi connectivity index (χ2n) is 5.06. The molecule has 0 saturated carbocycles. The summed E-state index contributed by atoms with van der Waals surface area (Å²) in [6.07, 6.45) is 3.78. The highest BCUT2D eigenvalue weighted by atomic mass is 79.9. The number of halogens is 1. The molecule has 2 atom stereocenters. The molecular formula is C15H19BrN2O. The predicted octanol–water partition coefficient (Wildman–Crippen LogP) is 4.10. The van der Waals surface area contributed by atoms with Gasteiger partial charge in [-0.05, 0) is 24.6 Å². The summed E-state index contributed by atoms with van der Waals surface area (Å²) in [4.78, 5) is 0. The number of rotatable bonds is 4. The maximum atomic E-state index is 9.58. The van der Waals surface area contributed by atoms with E-state index in [1.165, 1.54) is 0 Å². The monoisotopic (exact) mass is 322 g/mol. The maximum Gasteiger partial charge on any atom is 0.130 e. The lowest BCUT2D eigenvalue weighted by Crippen LogP contribution is -2.45. The topological polar surface area (TPSA) is 45.0 Å². The smallest absolute Gasteiger partial charge is 0.130 e. The van der Waals surface area contributed by atoms with Gasteiger partial charge >= 0.3 is 0 Å². The van der Waals surface area contributed by atoms with Gasteiger partial charge in [-0.3, -0.25) is 0 Å².